The molecule has 10 heteroatoms. The van der Waals surface area contributed by atoms with E-state index < -0.39 is 28.5 Å². The third-order valence-corrected chi connectivity index (χ3v) is 8.59. The van der Waals surface area contributed by atoms with Crippen molar-refractivity contribution in [3.63, 3.8) is 0 Å². The van der Waals surface area contributed by atoms with Crippen LogP contribution in [-0.2, 0) is 26.2 Å². The van der Waals surface area contributed by atoms with Crippen LogP contribution in [0.4, 0.5) is 5.69 Å². The molecule has 0 saturated heterocycles. The summed E-state index contributed by atoms with van der Waals surface area (Å²) < 4.78 is 39.6. The van der Waals surface area contributed by atoms with Crippen LogP contribution in [0, 0.1) is 12.8 Å². The Morgan fingerprint density at radius 2 is 1.55 bits per heavy atom. The lowest BCUT2D eigenvalue weighted by molar-refractivity contribution is -0.140. The van der Waals surface area contributed by atoms with E-state index in [4.69, 9.17) is 9.47 Å². The van der Waals surface area contributed by atoms with Crippen molar-refractivity contribution in [2.75, 3.05) is 31.6 Å². The van der Waals surface area contributed by atoms with Crippen LogP contribution in [0.1, 0.15) is 38.3 Å². The molecular formula is C32H41N3O6S. The average molecular weight is 596 g/mol. The Morgan fingerprint density at radius 3 is 2.12 bits per heavy atom. The number of hydrogen-bond acceptors (Lipinski definition) is 6. The smallest absolute Gasteiger partial charge is 0.264 e. The minimum Gasteiger partial charge on any atom is -0.497 e. The van der Waals surface area contributed by atoms with E-state index in [1.165, 1.54) is 24.1 Å². The number of benzene rings is 3. The van der Waals surface area contributed by atoms with Crippen LogP contribution in [-0.4, -0.2) is 58.5 Å². The van der Waals surface area contributed by atoms with Gasteiger partial charge < -0.3 is 19.7 Å². The maximum absolute atomic E-state index is 14.2. The molecule has 1 N–H and O–H groups in total. The lowest BCUT2D eigenvalue weighted by atomic mass is 10.1. The summed E-state index contributed by atoms with van der Waals surface area (Å²) in [6.07, 6.45) is 0.343. The second kappa shape index (κ2) is 14.7. The molecule has 0 aliphatic rings. The summed E-state index contributed by atoms with van der Waals surface area (Å²) in [5.74, 6) is 0.542. The van der Waals surface area contributed by atoms with Gasteiger partial charge >= 0.3 is 0 Å². The first-order valence-electron chi connectivity index (χ1n) is 13.9. The number of methoxy groups -OCH3 is 2. The fourth-order valence-electron chi connectivity index (χ4n) is 4.42. The molecule has 0 saturated carbocycles. The van der Waals surface area contributed by atoms with Crippen LogP contribution >= 0.6 is 0 Å². The summed E-state index contributed by atoms with van der Waals surface area (Å²) in [6, 6.07) is 19.4. The van der Waals surface area contributed by atoms with Crippen LogP contribution in [0.15, 0.2) is 77.7 Å². The lowest BCUT2D eigenvalue weighted by Gasteiger charge is -2.33. The van der Waals surface area contributed by atoms with Crippen LogP contribution in [0.5, 0.6) is 11.5 Å². The van der Waals surface area contributed by atoms with Crippen molar-refractivity contribution < 1.29 is 27.5 Å². The predicted octanol–water partition coefficient (Wildman–Crippen LogP) is 4.79. The first-order valence-corrected chi connectivity index (χ1v) is 15.4. The Hall–Kier alpha value is -4.05. The molecule has 2 amide bonds. The molecule has 1 atom stereocenters. The van der Waals surface area contributed by atoms with Crippen molar-refractivity contribution in [1.29, 1.82) is 0 Å². The molecule has 0 aliphatic heterocycles. The minimum atomic E-state index is -4.17. The van der Waals surface area contributed by atoms with Crippen LogP contribution < -0.4 is 19.1 Å². The van der Waals surface area contributed by atoms with Gasteiger partial charge in [0.05, 0.1) is 24.8 Å². The molecule has 0 heterocycles. The van der Waals surface area contributed by atoms with E-state index in [2.05, 4.69) is 5.32 Å². The Bertz CT molecular complexity index is 1440. The fraction of sp³-hybridized carbons (Fsp3) is 0.375. The predicted molar refractivity (Wildman–Crippen MR) is 164 cm³/mol. The summed E-state index contributed by atoms with van der Waals surface area (Å²) in [7, 11) is -1.11. The summed E-state index contributed by atoms with van der Waals surface area (Å²) in [4.78, 5) is 29.0. The number of carbonyl (C=O) groups excluding carboxylic acids is 2. The van der Waals surface area contributed by atoms with Gasteiger partial charge in [-0.1, -0.05) is 50.6 Å². The second-order valence-corrected chi connectivity index (χ2v) is 12.3. The highest BCUT2D eigenvalue weighted by molar-refractivity contribution is 7.92. The highest BCUT2D eigenvalue weighted by Crippen LogP contribution is 2.27. The van der Waals surface area contributed by atoms with Gasteiger partial charge in [0.2, 0.25) is 11.8 Å². The molecule has 0 unspecified atom stereocenters. The quantitative estimate of drug-likeness (QED) is 0.288. The third-order valence-electron chi connectivity index (χ3n) is 6.81. The summed E-state index contributed by atoms with van der Waals surface area (Å²) in [6.45, 7) is 7.75. The summed E-state index contributed by atoms with van der Waals surface area (Å²) >= 11 is 0. The number of anilines is 1. The van der Waals surface area contributed by atoms with Gasteiger partial charge in [-0.3, -0.25) is 13.9 Å². The van der Waals surface area contributed by atoms with Gasteiger partial charge in [-0.2, -0.15) is 0 Å². The zero-order chi connectivity index (χ0) is 30.9. The van der Waals surface area contributed by atoms with Crippen LogP contribution in [0.25, 0.3) is 0 Å². The molecule has 0 bridgehead atoms. The van der Waals surface area contributed by atoms with Gasteiger partial charge in [0, 0.05) is 13.1 Å². The zero-order valence-electron chi connectivity index (χ0n) is 25.2. The first-order chi connectivity index (χ1) is 20.0. The van der Waals surface area contributed by atoms with Crippen molar-refractivity contribution in [1.82, 2.24) is 10.2 Å². The van der Waals surface area contributed by atoms with Crippen molar-refractivity contribution >= 4 is 27.5 Å². The van der Waals surface area contributed by atoms with Crippen LogP contribution in [0.3, 0.4) is 0 Å². The summed E-state index contributed by atoms with van der Waals surface area (Å²) in [5, 5.41) is 2.93. The number of ether oxygens (including phenoxy) is 2. The largest absolute Gasteiger partial charge is 0.497 e. The van der Waals surface area contributed by atoms with Gasteiger partial charge in [0.1, 0.15) is 24.1 Å². The molecule has 0 aromatic heterocycles. The Labute approximate surface area is 249 Å². The molecule has 3 aromatic rings. The van der Waals surface area contributed by atoms with E-state index in [1.54, 1.807) is 55.6 Å². The van der Waals surface area contributed by atoms with E-state index in [9.17, 15) is 18.0 Å². The topological polar surface area (TPSA) is 105 Å². The number of amides is 2. The Kier molecular flexibility index (Phi) is 11.4. The number of nitrogens with one attached hydrogen (secondary N) is 1. The normalized spacial score (nSPS) is 12.0. The highest BCUT2D eigenvalue weighted by Gasteiger charge is 2.33. The van der Waals surface area contributed by atoms with Gasteiger partial charge in [0.15, 0.2) is 0 Å². The molecule has 0 aliphatic carbocycles. The number of sulfonamides is 1. The first kappa shape index (κ1) is 32.5. The number of hydrogen-bond donors (Lipinski definition) is 1. The maximum atomic E-state index is 14.2. The van der Waals surface area contributed by atoms with Crippen molar-refractivity contribution in [3.05, 3.63) is 83.9 Å². The number of rotatable bonds is 14. The Balaban J connectivity index is 2.05. The SMILES string of the molecule is CC[C@H](C(=O)NCC(C)C)N(Cc1cccc(OC)c1)C(=O)CN(c1ccc(C)cc1)S(=O)(=O)c1ccc(OC)cc1. The van der Waals surface area contributed by atoms with E-state index >= 15 is 0 Å². The van der Waals surface area contributed by atoms with E-state index in [0.717, 1.165) is 15.4 Å². The van der Waals surface area contributed by atoms with Crippen molar-refractivity contribution in [2.24, 2.45) is 5.92 Å². The molecule has 226 valence electrons. The number of aryl methyl sites for hydroxylation is 1. The van der Waals surface area contributed by atoms with Gasteiger partial charge in [-0.05, 0) is 73.4 Å². The van der Waals surface area contributed by atoms with E-state index in [0.29, 0.717) is 30.2 Å². The second-order valence-electron chi connectivity index (χ2n) is 10.5. The molecule has 0 radical (unpaired) electrons. The molecule has 0 spiro atoms. The minimum absolute atomic E-state index is 0.0118. The Morgan fingerprint density at radius 1 is 0.905 bits per heavy atom. The standard InChI is InChI=1S/C32H41N3O6S/c1-7-30(32(37)33-20-23(2)3)34(21-25-9-8-10-28(19-25)41-6)31(36)22-35(26-13-11-24(4)12-14-26)42(38,39)29-17-15-27(40-5)16-18-29/h8-19,23,30H,7,20-22H2,1-6H3,(H,33,37)/t30-/m1/s1. The zero-order valence-corrected chi connectivity index (χ0v) is 26.0. The third kappa shape index (κ3) is 8.25. The van der Waals surface area contributed by atoms with E-state index in [-0.39, 0.29) is 23.3 Å². The highest BCUT2D eigenvalue weighted by atomic mass is 32.2. The number of carbonyl (C=O) groups is 2. The van der Waals surface area contributed by atoms with Crippen molar-refractivity contribution in [2.45, 2.75) is 51.6 Å². The lowest BCUT2D eigenvalue weighted by Crippen LogP contribution is -2.52. The van der Waals surface area contributed by atoms with Crippen molar-refractivity contribution in [3.8, 4) is 11.5 Å². The summed E-state index contributed by atoms with van der Waals surface area (Å²) in [5.41, 5.74) is 2.03. The number of nitrogens with zero attached hydrogens (tertiary/aromatic N) is 2. The molecular weight excluding hydrogens is 554 g/mol. The fourth-order valence-corrected chi connectivity index (χ4v) is 5.84. The average Bonchev–Trinajstić information content (AvgIpc) is 2.99. The maximum Gasteiger partial charge on any atom is 0.264 e. The molecule has 0 fully saturated rings. The van der Waals surface area contributed by atoms with Gasteiger partial charge in [-0.15, -0.1) is 0 Å². The molecule has 3 rings (SSSR count). The molecule has 9 nitrogen and oxygen atoms in total. The monoisotopic (exact) mass is 595 g/mol. The van der Waals surface area contributed by atoms with E-state index in [1.807, 2.05) is 39.8 Å². The van der Waals surface area contributed by atoms with Crippen LogP contribution in [0.2, 0.25) is 0 Å². The molecule has 3 aromatic carbocycles. The molecule has 42 heavy (non-hydrogen) atoms. The van der Waals surface area contributed by atoms with Gasteiger partial charge in [0.25, 0.3) is 10.0 Å². The van der Waals surface area contributed by atoms with Gasteiger partial charge in [-0.25, -0.2) is 8.42 Å².